The Balaban J connectivity index is 3.15. The highest BCUT2D eigenvalue weighted by atomic mass is 16.5. The summed E-state index contributed by atoms with van der Waals surface area (Å²) in [5, 5.41) is 0. The van der Waals surface area contributed by atoms with Crippen LogP contribution in [-0.4, -0.2) is 7.11 Å². The fraction of sp³-hybridized carbons (Fsp3) is 0.455. The molecule has 0 aliphatic rings. The second kappa shape index (κ2) is 3.90. The molecule has 0 radical (unpaired) electrons. The van der Waals surface area contributed by atoms with E-state index in [0.717, 1.165) is 5.56 Å². The van der Waals surface area contributed by atoms with Crippen molar-refractivity contribution in [2.45, 2.75) is 27.0 Å². The van der Waals surface area contributed by atoms with E-state index in [1.165, 1.54) is 16.7 Å². The first-order chi connectivity index (χ1) is 6.06. The summed E-state index contributed by atoms with van der Waals surface area (Å²) in [5.74, 6) is 0. The van der Waals surface area contributed by atoms with E-state index in [9.17, 15) is 0 Å². The molecule has 1 aromatic rings. The first-order valence-electron chi connectivity index (χ1n) is 4.42. The summed E-state index contributed by atoms with van der Waals surface area (Å²) in [7, 11) is 1.62. The minimum Gasteiger partial charge on any atom is -0.363 e. The van der Waals surface area contributed by atoms with Gasteiger partial charge in [-0.05, 0) is 43.0 Å². The van der Waals surface area contributed by atoms with E-state index < -0.39 is 0 Å². The lowest BCUT2D eigenvalue weighted by atomic mass is 10.00. The minimum atomic E-state index is -0.306. The Morgan fingerprint density at radius 3 is 2.15 bits per heavy atom. The smallest absolute Gasteiger partial charge is 0.131 e. The van der Waals surface area contributed by atoms with Crippen molar-refractivity contribution in [1.82, 2.24) is 0 Å². The van der Waals surface area contributed by atoms with Gasteiger partial charge in [-0.1, -0.05) is 12.1 Å². The van der Waals surface area contributed by atoms with Gasteiger partial charge in [-0.2, -0.15) is 0 Å². The fourth-order valence-electron chi connectivity index (χ4n) is 1.42. The monoisotopic (exact) mass is 179 g/mol. The molecule has 2 nitrogen and oxygen atoms in total. The van der Waals surface area contributed by atoms with Crippen molar-refractivity contribution in [3.05, 3.63) is 34.4 Å². The number of hydrogen-bond acceptors (Lipinski definition) is 2. The van der Waals surface area contributed by atoms with E-state index in [0.29, 0.717) is 0 Å². The van der Waals surface area contributed by atoms with Crippen LogP contribution in [0.5, 0.6) is 0 Å². The third kappa shape index (κ3) is 2.08. The molecule has 1 rings (SSSR count). The Kier molecular flexibility index (Phi) is 3.07. The highest BCUT2D eigenvalue weighted by molar-refractivity contribution is 5.37. The van der Waals surface area contributed by atoms with Gasteiger partial charge < -0.3 is 10.5 Å². The predicted octanol–water partition coefficient (Wildman–Crippen LogP) is 2.22. The number of benzene rings is 1. The van der Waals surface area contributed by atoms with Gasteiger partial charge in [0.05, 0.1) is 0 Å². The second-order valence-corrected chi connectivity index (χ2v) is 3.45. The molecule has 1 aromatic carbocycles. The van der Waals surface area contributed by atoms with Crippen LogP contribution < -0.4 is 5.73 Å². The lowest BCUT2D eigenvalue weighted by Gasteiger charge is -2.15. The average Bonchev–Trinajstić information content (AvgIpc) is 2.10. The first-order valence-corrected chi connectivity index (χ1v) is 4.42. The topological polar surface area (TPSA) is 35.2 Å². The fourth-order valence-corrected chi connectivity index (χ4v) is 1.42. The van der Waals surface area contributed by atoms with Gasteiger partial charge in [-0.3, -0.25) is 0 Å². The van der Waals surface area contributed by atoms with Gasteiger partial charge in [-0.25, -0.2) is 0 Å². The van der Waals surface area contributed by atoms with Crippen LogP contribution in [0.4, 0.5) is 0 Å². The number of rotatable bonds is 2. The molecule has 0 heterocycles. The van der Waals surface area contributed by atoms with E-state index in [4.69, 9.17) is 10.5 Å². The maximum absolute atomic E-state index is 5.79. The molecular weight excluding hydrogens is 162 g/mol. The molecule has 0 saturated carbocycles. The van der Waals surface area contributed by atoms with Crippen LogP contribution in [0.15, 0.2) is 12.1 Å². The van der Waals surface area contributed by atoms with Crippen molar-refractivity contribution in [3.63, 3.8) is 0 Å². The maximum Gasteiger partial charge on any atom is 0.131 e. The Morgan fingerprint density at radius 1 is 1.08 bits per heavy atom. The van der Waals surface area contributed by atoms with Gasteiger partial charge in [0.15, 0.2) is 0 Å². The summed E-state index contributed by atoms with van der Waals surface area (Å²) in [6.45, 7) is 6.24. The summed E-state index contributed by atoms with van der Waals surface area (Å²) in [6, 6.07) is 4.24. The molecular formula is C11H17NO. The van der Waals surface area contributed by atoms with E-state index in [-0.39, 0.29) is 6.23 Å². The summed E-state index contributed by atoms with van der Waals surface area (Å²) < 4.78 is 5.09. The van der Waals surface area contributed by atoms with Crippen LogP contribution in [0.25, 0.3) is 0 Å². The lowest BCUT2D eigenvalue weighted by molar-refractivity contribution is 0.109. The Bertz CT molecular complexity index is 307. The maximum atomic E-state index is 5.79. The standard InChI is InChI=1S/C11H17NO/c1-7-5-9(3)10(6-8(7)2)11(12)13-4/h5-6,11H,12H2,1-4H3. The minimum absolute atomic E-state index is 0.306. The first kappa shape index (κ1) is 10.2. The zero-order valence-corrected chi connectivity index (χ0v) is 8.72. The van der Waals surface area contributed by atoms with Gasteiger partial charge >= 0.3 is 0 Å². The second-order valence-electron chi connectivity index (χ2n) is 3.45. The third-order valence-corrected chi connectivity index (χ3v) is 2.44. The Hall–Kier alpha value is -0.860. The van der Waals surface area contributed by atoms with Crippen LogP contribution in [0.1, 0.15) is 28.5 Å². The van der Waals surface area contributed by atoms with Crippen molar-refractivity contribution in [2.75, 3.05) is 7.11 Å². The molecule has 0 fully saturated rings. The lowest BCUT2D eigenvalue weighted by Crippen LogP contribution is -2.13. The summed E-state index contributed by atoms with van der Waals surface area (Å²) >= 11 is 0. The predicted molar refractivity (Wildman–Crippen MR) is 54.6 cm³/mol. The number of ether oxygens (including phenoxy) is 1. The van der Waals surface area contributed by atoms with Crippen LogP contribution in [0.2, 0.25) is 0 Å². The molecule has 0 spiro atoms. The third-order valence-electron chi connectivity index (χ3n) is 2.44. The highest BCUT2D eigenvalue weighted by Gasteiger charge is 2.08. The molecule has 0 aromatic heterocycles. The molecule has 13 heavy (non-hydrogen) atoms. The molecule has 2 N–H and O–H groups in total. The number of hydrogen-bond donors (Lipinski definition) is 1. The van der Waals surface area contributed by atoms with Crippen LogP contribution in [-0.2, 0) is 4.74 Å². The molecule has 0 saturated heterocycles. The van der Waals surface area contributed by atoms with Crippen LogP contribution in [0, 0.1) is 20.8 Å². The van der Waals surface area contributed by atoms with E-state index >= 15 is 0 Å². The number of nitrogens with two attached hydrogens (primary N) is 1. The Morgan fingerprint density at radius 2 is 1.62 bits per heavy atom. The van der Waals surface area contributed by atoms with Crippen molar-refractivity contribution in [1.29, 1.82) is 0 Å². The molecule has 0 amide bonds. The van der Waals surface area contributed by atoms with Gasteiger partial charge in [0.1, 0.15) is 6.23 Å². The molecule has 1 unspecified atom stereocenters. The van der Waals surface area contributed by atoms with Crippen molar-refractivity contribution in [2.24, 2.45) is 5.73 Å². The number of methoxy groups -OCH3 is 1. The van der Waals surface area contributed by atoms with Crippen molar-refractivity contribution >= 4 is 0 Å². The van der Waals surface area contributed by atoms with Crippen molar-refractivity contribution < 1.29 is 4.74 Å². The van der Waals surface area contributed by atoms with Gasteiger partial charge in [0.25, 0.3) is 0 Å². The van der Waals surface area contributed by atoms with Gasteiger partial charge in [0, 0.05) is 7.11 Å². The van der Waals surface area contributed by atoms with Crippen LogP contribution >= 0.6 is 0 Å². The zero-order chi connectivity index (χ0) is 10.0. The van der Waals surface area contributed by atoms with Crippen LogP contribution in [0.3, 0.4) is 0 Å². The molecule has 0 bridgehead atoms. The van der Waals surface area contributed by atoms with Gasteiger partial charge in [0.2, 0.25) is 0 Å². The molecule has 0 aliphatic heterocycles. The van der Waals surface area contributed by atoms with Crippen molar-refractivity contribution in [3.8, 4) is 0 Å². The molecule has 2 heteroatoms. The summed E-state index contributed by atoms with van der Waals surface area (Å²) in [5.41, 5.74) is 10.6. The molecule has 72 valence electrons. The Labute approximate surface area is 79.7 Å². The number of aryl methyl sites for hydroxylation is 3. The quantitative estimate of drug-likeness (QED) is 0.706. The molecule has 0 aliphatic carbocycles. The van der Waals surface area contributed by atoms with E-state index in [2.05, 4.69) is 32.9 Å². The normalized spacial score (nSPS) is 13.0. The van der Waals surface area contributed by atoms with E-state index in [1.54, 1.807) is 7.11 Å². The average molecular weight is 179 g/mol. The zero-order valence-electron chi connectivity index (χ0n) is 8.72. The van der Waals surface area contributed by atoms with Gasteiger partial charge in [-0.15, -0.1) is 0 Å². The summed E-state index contributed by atoms with van der Waals surface area (Å²) in [4.78, 5) is 0. The highest BCUT2D eigenvalue weighted by Crippen LogP contribution is 2.20. The SMILES string of the molecule is COC(N)c1cc(C)c(C)cc1C. The largest absolute Gasteiger partial charge is 0.363 e. The molecule has 1 atom stereocenters. The summed E-state index contributed by atoms with van der Waals surface area (Å²) in [6.07, 6.45) is -0.306. The van der Waals surface area contributed by atoms with E-state index in [1.807, 2.05) is 0 Å².